The molecule has 1 fully saturated rings. The Kier molecular flexibility index (Phi) is 6.85. The van der Waals surface area contributed by atoms with Gasteiger partial charge in [0.1, 0.15) is 11.6 Å². The molecular formula is C25H24ClFN2O2. The number of benzene rings is 3. The minimum absolute atomic E-state index is 0.0207. The largest absolute Gasteiger partial charge is 0.455 e. The summed E-state index contributed by atoms with van der Waals surface area (Å²) in [5.41, 5.74) is 1.16. The summed E-state index contributed by atoms with van der Waals surface area (Å²) in [5, 5.41) is 3.46. The molecule has 0 saturated carbocycles. The van der Waals surface area contributed by atoms with Crippen molar-refractivity contribution in [2.45, 2.75) is 19.4 Å². The van der Waals surface area contributed by atoms with E-state index in [2.05, 4.69) is 10.2 Å². The van der Waals surface area contributed by atoms with Crippen molar-refractivity contribution in [1.82, 2.24) is 4.90 Å². The highest BCUT2D eigenvalue weighted by Crippen LogP contribution is 2.31. The van der Waals surface area contributed by atoms with Gasteiger partial charge in [-0.15, -0.1) is 0 Å². The fourth-order valence-electron chi connectivity index (χ4n) is 3.77. The van der Waals surface area contributed by atoms with E-state index in [-0.39, 0.29) is 17.6 Å². The third-order valence-electron chi connectivity index (χ3n) is 5.52. The molecule has 3 aromatic rings. The molecule has 0 aliphatic carbocycles. The first kappa shape index (κ1) is 21.3. The van der Waals surface area contributed by atoms with E-state index in [4.69, 9.17) is 16.3 Å². The second-order valence-electron chi connectivity index (χ2n) is 7.65. The molecule has 1 aliphatic rings. The number of nitrogens with one attached hydrogen (secondary N) is 1. The van der Waals surface area contributed by atoms with E-state index < -0.39 is 0 Å². The van der Waals surface area contributed by atoms with Crippen molar-refractivity contribution in [3.63, 3.8) is 0 Å². The molecule has 160 valence electrons. The normalized spacial score (nSPS) is 14.9. The van der Waals surface area contributed by atoms with E-state index >= 15 is 0 Å². The Labute approximate surface area is 186 Å². The fourth-order valence-corrected chi connectivity index (χ4v) is 3.99. The van der Waals surface area contributed by atoms with Gasteiger partial charge < -0.3 is 10.1 Å². The summed E-state index contributed by atoms with van der Waals surface area (Å²) >= 11 is 6.15. The van der Waals surface area contributed by atoms with Crippen molar-refractivity contribution >= 4 is 23.2 Å². The Morgan fingerprint density at radius 1 is 1.00 bits per heavy atom. The molecule has 0 radical (unpaired) electrons. The highest BCUT2D eigenvalue weighted by Gasteiger charge is 2.26. The monoisotopic (exact) mass is 438 g/mol. The average Bonchev–Trinajstić information content (AvgIpc) is 2.79. The SMILES string of the molecule is O=C(Nc1ccccc1Oc1ccccc1)C1CCN(Cc2c(F)cccc2Cl)CC1. The van der Waals surface area contributed by atoms with Crippen molar-refractivity contribution in [2.24, 2.45) is 5.92 Å². The minimum atomic E-state index is -0.289. The number of nitrogens with zero attached hydrogens (tertiary/aromatic N) is 1. The van der Waals surface area contributed by atoms with Gasteiger partial charge in [0.05, 0.1) is 5.69 Å². The maximum atomic E-state index is 14.1. The van der Waals surface area contributed by atoms with Crippen molar-refractivity contribution in [1.29, 1.82) is 0 Å². The number of rotatable bonds is 6. The lowest BCUT2D eigenvalue weighted by atomic mass is 9.95. The van der Waals surface area contributed by atoms with Crippen molar-refractivity contribution in [2.75, 3.05) is 18.4 Å². The maximum Gasteiger partial charge on any atom is 0.227 e. The van der Waals surface area contributed by atoms with Gasteiger partial charge in [-0.2, -0.15) is 0 Å². The minimum Gasteiger partial charge on any atom is -0.455 e. The van der Waals surface area contributed by atoms with Gasteiger partial charge in [-0.1, -0.05) is 48.0 Å². The van der Waals surface area contributed by atoms with Crippen LogP contribution < -0.4 is 10.1 Å². The lowest BCUT2D eigenvalue weighted by Crippen LogP contribution is -2.38. The smallest absolute Gasteiger partial charge is 0.227 e. The van der Waals surface area contributed by atoms with Crippen molar-refractivity contribution < 1.29 is 13.9 Å². The molecule has 6 heteroatoms. The maximum absolute atomic E-state index is 14.1. The molecule has 1 saturated heterocycles. The number of hydrogen-bond acceptors (Lipinski definition) is 3. The topological polar surface area (TPSA) is 41.6 Å². The van der Waals surface area contributed by atoms with Crippen LogP contribution in [0.5, 0.6) is 11.5 Å². The first-order valence-electron chi connectivity index (χ1n) is 10.4. The van der Waals surface area contributed by atoms with Gasteiger partial charge in [-0.3, -0.25) is 9.69 Å². The van der Waals surface area contributed by atoms with Gasteiger partial charge in [-0.25, -0.2) is 4.39 Å². The van der Waals surface area contributed by atoms with Crippen molar-refractivity contribution in [3.05, 3.63) is 89.2 Å². The summed E-state index contributed by atoms with van der Waals surface area (Å²) < 4.78 is 20.0. The Hall–Kier alpha value is -2.89. The van der Waals surface area contributed by atoms with E-state index in [1.165, 1.54) is 6.07 Å². The molecule has 4 nitrogen and oxygen atoms in total. The first-order valence-corrected chi connectivity index (χ1v) is 10.8. The zero-order chi connectivity index (χ0) is 21.6. The van der Waals surface area contributed by atoms with Crippen LogP contribution in [0.2, 0.25) is 5.02 Å². The van der Waals surface area contributed by atoms with Crippen molar-refractivity contribution in [3.8, 4) is 11.5 Å². The zero-order valence-corrected chi connectivity index (χ0v) is 17.8. The van der Waals surface area contributed by atoms with Gasteiger partial charge in [0.25, 0.3) is 0 Å². The predicted molar refractivity (Wildman–Crippen MR) is 121 cm³/mol. The number of likely N-dealkylation sites (tertiary alicyclic amines) is 1. The average molecular weight is 439 g/mol. The lowest BCUT2D eigenvalue weighted by Gasteiger charge is -2.31. The predicted octanol–water partition coefficient (Wildman–Crippen LogP) is 6.12. The van der Waals surface area contributed by atoms with E-state index in [1.807, 2.05) is 54.6 Å². The Bertz CT molecular complexity index is 1020. The van der Waals surface area contributed by atoms with E-state index in [0.29, 0.717) is 60.2 Å². The van der Waals surface area contributed by atoms with Gasteiger partial charge in [-0.05, 0) is 62.3 Å². The molecule has 4 rings (SSSR count). The van der Waals surface area contributed by atoms with Crippen LogP contribution >= 0.6 is 11.6 Å². The summed E-state index contributed by atoms with van der Waals surface area (Å²) in [7, 11) is 0. The number of halogens is 2. The van der Waals surface area contributed by atoms with Crippen LogP contribution in [0.1, 0.15) is 18.4 Å². The molecule has 1 amide bonds. The van der Waals surface area contributed by atoms with Gasteiger partial charge in [0.2, 0.25) is 5.91 Å². The third kappa shape index (κ3) is 5.43. The second kappa shape index (κ2) is 9.94. The van der Waals surface area contributed by atoms with Crippen LogP contribution in [-0.4, -0.2) is 23.9 Å². The number of para-hydroxylation sites is 3. The molecule has 1 N–H and O–H groups in total. The van der Waals surface area contributed by atoms with Gasteiger partial charge in [0, 0.05) is 23.0 Å². The number of piperidine rings is 1. The molecule has 1 aliphatic heterocycles. The molecule has 3 aromatic carbocycles. The molecule has 1 heterocycles. The standard InChI is InChI=1S/C25H24ClFN2O2/c26-21-9-6-10-22(27)20(21)17-29-15-13-18(14-16-29)25(30)28-23-11-4-5-12-24(23)31-19-7-2-1-3-8-19/h1-12,18H,13-17H2,(H,28,30). The summed E-state index contributed by atoms with van der Waals surface area (Å²) in [6, 6.07) is 21.6. The van der Waals surface area contributed by atoms with Crippen LogP contribution in [0.4, 0.5) is 10.1 Å². The number of hydrogen-bond donors (Lipinski definition) is 1. The lowest BCUT2D eigenvalue weighted by molar-refractivity contribution is -0.121. The number of amides is 1. The summed E-state index contributed by atoms with van der Waals surface area (Å²) in [4.78, 5) is 15.0. The molecule has 0 unspecified atom stereocenters. The number of carbonyl (C=O) groups excluding carboxylic acids is 1. The summed E-state index contributed by atoms with van der Waals surface area (Å²) in [5.74, 6) is 0.908. The van der Waals surface area contributed by atoms with Crippen LogP contribution in [0.3, 0.4) is 0 Å². The highest BCUT2D eigenvalue weighted by atomic mass is 35.5. The van der Waals surface area contributed by atoms with Gasteiger partial charge >= 0.3 is 0 Å². The van der Waals surface area contributed by atoms with Crippen LogP contribution in [0.15, 0.2) is 72.8 Å². The molecule has 0 bridgehead atoms. The Morgan fingerprint density at radius 2 is 1.71 bits per heavy atom. The molecular weight excluding hydrogens is 415 g/mol. The van der Waals surface area contributed by atoms with E-state index in [0.717, 1.165) is 0 Å². The van der Waals surface area contributed by atoms with Crippen LogP contribution in [0.25, 0.3) is 0 Å². The van der Waals surface area contributed by atoms with E-state index in [9.17, 15) is 9.18 Å². The molecule has 0 spiro atoms. The molecule has 0 atom stereocenters. The first-order chi connectivity index (χ1) is 15.1. The number of ether oxygens (including phenoxy) is 1. The highest BCUT2D eigenvalue weighted by molar-refractivity contribution is 6.31. The third-order valence-corrected chi connectivity index (χ3v) is 5.87. The zero-order valence-electron chi connectivity index (χ0n) is 17.1. The van der Waals surface area contributed by atoms with Crippen LogP contribution in [0, 0.1) is 11.7 Å². The summed E-state index contributed by atoms with van der Waals surface area (Å²) in [6.45, 7) is 1.88. The quantitative estimate of drug-likeness (QED) is 0.504. The second-order valence-corrected chi connectivity index (χ2v) is 8.06. The number of anilines is 1. The van der Waals surface area contributed by atoms with E-state index in [1.54, 1.807) is 12.1 Å². The fraction of sp³-hybridized carbons (Fsp3) is 0.240. The van der Waals surface area contributed by atoms with Gasteiger partial charge in [0.15, 0.2) is 5.75 Å². The number of carbonyl (C=O) groups is 1. The Morgan fingerprint density at radius 3 is 2.45 bits per heavy atom. The molecule has 0 aromatic heterocycles. The van der Waals surface area contributed by atoms with Crippen LogP contribution in [-0.2, 0) is 11.3 Å². The summed E-state index contributed by atoms with van der Waals surface area (Å²) in [6.07, 6.45) is 1.42. The Balaban J connectivity index is 1.35. The molecule has 31 heavy (non-hydrogen) atoms.